The van der Waals surface area contributed by atoms with Crippen LogP contribution in [0.1, 0.15) is 37.3 Å². The lowest BCUT2D eigenvalue weighted by molar-refractivity contribution is -0.136. The van der Waals surface area contributed by atoms with E-state index in [9.17, 15) is 9.59 Å². The molecule has 2 aromatic carbocycles. The standard InChI is InChI=1S/C25H32N2O4/c1-3-26(13-7-15-27-14-6-12-23(27)28)18-21-10-5-11-22(31-2)25(21)20-9-4-8-19(16-20)17-24(29)30/h4-5,8-11,16H,3,6-7,12-15,17-18H2,1-2H3,(H,29,30). The summed E-state index contributed by atoms with van der Waals surface area (Å²) in [7, 11) is 1.66. The van der Waals surface area contributed by atoms with Crippen LogP contribution in [-0.4, -0.2) is 60.1 Å². The van der Waals surface area contributed by atoms with Gasteiger partial charge in [0.2, 0.25) is 5.91 Å². The molecule has 1 aliphatic rings. The number of carbonyl (C=O) groups excluding carboxylic acids is 1. The van der Waals surface area contributed by atoms with Gasteiger partial charge in [0, 0.05) is 38.2 Å². The van der Waals surface area contributed by atoms with E-state index in [1.807, 2.05) is 41.3 Å². The highest BCUT2D eigenvalue weighted by Gasteiger charge is 2.20. The topological polar surface area (TPSA) is 70.1 Å². The maximum absolute atomic E-state index is 11.8. The van der Waals surface area contributed by atoms with Crippen molar-refractivity contribution >= 4 is 11.9 Å². The lowest BCUT2D eigenvalue weighted by Crippen LogP contribution is -2.30. The molecule has 0 atom stereocenters. The SMILES string of the molecule is CCN(CCCN1CCCC1=O)Cc1cccc(OC)c1-c1cccc(CC(=O)O)c1. The van der Waals surface area contributed by atoms with Gasteiger partial charge in [0.1, 0.15) is 5.75 Å². The minimum Gasteiger partial charge on any atom is -0.496 e. The number of methoxy groups -OCH3 is 1. The van der Waals surface area contributed by atoms with Crippen LogP contribution in [0.5, 0.6) is 5.75 Å². The molecule has 1 fully saturated rings. The summed E-state index contributed by atoms with van der Waals surface area (Å²) >= 11 is 0. The molecule has 3 rings (SSSR count). The second kappa shape index (κ2) is 11.0. The Morgan fingerprint density at radius 2 is 2.03 bits per heavy atom. The Morgan fingerprint density at radius 3 is 2.71 bits per heavy atom. The fraction of sp³-hybridized carbons (Fsp3) is 0.440. The minimum absolute atomic E-state index is 0.00533. The van der Waals surface area contributed by atoms with Crippen molar-refractivity contribution in [2.24, 2.45) is 0 Å². The quantitative estimate of drug-likeness (QED) is 0.594. The molecule has 0 radical (unpaired) electrons. The third kappa shape index (κ3) is 6.07. The summed E-state index contributed by atoms with van der Waals surface area (Å²) in [5.74, 6) is 0.217. The number of hydrogen-bond acceptors (Lipinski definition) is 4. The lowest BCUT2D eigenvalue weighted by atomic mass is 9.96. The predicted molar refractivity (Wildman–Crippen MR) is 121 cm³/mol. The zero-order valence-electron chi connectivity index (χ0n) is 18.5. The number of hydrogen-bond donors (Lipinski definition) is 1. The highest BCUT2D eigenvalue weighted by molar-refractivity contribution is 5.78. The summed E-state index contributed by atoms with van der Waals surface area (Å²) in [6, 6.07) is 13.7. The third-order valence-electron chi connectivity index (χ3n) is 5.82. The third-order valence-corrected chi connectivity index (χ3v) is 5.82. The van der Waals surface area contributed by atoms with Crippen LogP contribution in [-0.2, 0) is 22.6 Å². The first-order valence-corrected chi connectivity index (χ1v) is 11.0. The fourth-order valence-electron chi connectivity index (χ4n) is 4.23. The Morgan fingerprint density at radius 1 is 1.23 bits per heavy atom. The molecular weight excluding hydrogens is 392 g/mol. The van der Waals surface area contributed by atoms with E-state index in [4.69, 9.17) is 9.84 Å². The van der Waals surface area contributed by atoms with Crippen molar-refractivity contribution in [1.82, 2.24) is 9.80 Å². The van der Waals surface area contributed by atoms with Crippen molar-refractivity contribution in [3.63, 3.8) is 0 Å². The van der Waals surface area contributed by atoms with E-state index in [1.165, 1.54) is 0 Å². The number of nitrogens with zero attached hydrogens (tertiary/aromatic N) is 2. The predicted octanol–water partition coefficient (Wildman–Crippen LogP) is 3.82. The Balaban J connectivity index is 1.77. The molecule has 31 heavy (non-hydrogen) atoms. The van der Waals surface area contributed by atoms with Gasteiger partial charge in [0.15, 0.2) is 0 Å². The molecule has 166 valence electrons. The van der Waals surface area contributed by atoms with Gasteiger partial charge in [0.25, 0.3) is 0 Å². The first kappa shape index (κ1) is 22.8. The van der Waals surface area contributed by atoms with Crippen LogP contribution >= 0.6 is 0 Å². The second-order valence-corrected chi connectivity index (χ2v) is 7.97. The summed E-state index contributed by atoms with van der Waals surface area (Å²) in [6.45, 7) is 6.43. The molecule has 1 heterocycles. The Hall–Kier alpha value is -2.86. The van der Waals surface area contributed by atoms with Gasteiger partial charge in [-0.2, -0.15) is 0 Å². The van der Waals surface area contributed by atoms with E-state index < -0.39 is 5.97 Å². The summed E-state index contributed by atoms with van der Waals surface area (Å²) in [5, 5.41) is 9.16. The van der Waals surface area contributed by atoms with Crippen LogP contribution in [0.25, 0.3) is 11.1 Å². The van der Waals surface area contributed by atoms with Crippen molar-refractivity contribution in [1.29, 1.82) is 0 Å². The molecule has 2 aromatic rings. The zero-order chi connectivity index (χ0) is 22.2. The number of ether oxygens (including phenoxy) is 1. The number of rotatable bonds is 11. The van der Waals surface area contributed by atoms with Crippen LogP contribution < -0.4 is 4.74 Å². The maximum Gasteiger partial charge on any atom is 0.307 e. The van der Waals surface area contributed by atoms with Crippen LogP contribution in [0.15, 0.2) is 42.5 Å². The van der Waals surface area contributed by atoms with Gasteiger partial charge in [-0.25, -0.2) is 0 Å². The zero-order valence-corrected chi connectivity index (χ0v) is 18.5. The molecule has 6 heteroatoms. The van der Waals surface area contributed by atoms with Gasteiger partial charge in [0.05, 0.1) is 13.5 Å². The average Bonchev–Trinajstić information content (AvgIpc) is 3.17. The Bertz CT molecular complexity index is 912. The number of likely N-dealkylation sites (tertiary alicyclic amines) is 1. The number of carbonyl (C=O) groups is 2. The van der Waals surface area contributed by atoms with Gasteiger partial charge in [-0.3, -0.25) is 14.5 Å². The van der Waals surface area contributed by atoms with Crippen molar-refractivity contribution in [2.75, 3.05) is 33.3 Å². The first-order valence-electron chi connectivity index (χ1n) is 11.0. The minimum atomic E-state index is -0.842. The van der Waals surface area contributed by atoms with Gasteiger partial charge in [-0.05, 0) is 42.1 Å². The van der Waals surface area contributed by atoms with E-state index in [1.54, 1.807) is 7.11 Å². The van der Waals surface area contributed by atoms with Crippen LogP contribution in [0.2, 0.25) is 0 Å². The van der Waals surface area contributed by atoms with E-state index >= 15 is 0 Å². The first-order chi connectivity index (χ1) is 15.0. The number of carboxylic acid groups (broad SMARTS) is 1. The summed E-state index contributed by atoms with van der Waals surface area (Å²) in [6.07, 6.45) is 2.61. The van der Waals surface area contributed by atoms with Gasteiger partial charge in [-0.15, -0.1) is 0 Å². The van der Waals surface area contributed by atoms with E-state index in [0.717, 1.165) is 73.6 Å². The largest absolute Gasteiger partial charge is 0.496 e. The summed E-state index contributed by atoms with van der Waals surface area (Å²) < 4.78 is 5.66. The molecule has 1 N–H and O–H groups in total. The van der Waals surface area contributed by atoms with Gasteiger partial charge in [-0.1, -0.05) is 43.3 Å². The fourth-order valence-corrected chi connectivity index (χ4v) is 4.23. The van der Waals surface area contributed by atoms with Crippen LogP contribution in [0, 0.1) is 0 Å². The molecule has 1 saturated heterocycles. The molecule has 0 saturated carbocycles. The number of benzene rings is 2. The maximum atomic E-state index is 11.8. The second-order valence-electron chi connectivity index (χ2n) is 7.97. The van der Waals surface area contributed by atoms with Crippen molar-refractivity contribution < 1.29 is 19.4 Å². The smallest absolute Gasteiger partial charge is 0.307 e. The lowest BCUT2D eigenvalue weighted by Gasteiger charge is -2.24. The van der Waals surface area contributed by atoms with Crippen molar-refractivity contribution in [3.8, 4) is 16.9 Å². The normalized spacial score (nSPS) is 13.8. The Kier molecular flexibility index (Phi) is 8.06. The van der Waals surface area contributed by atoms with E-state index in [2.05, 4.69) is 17.9 Å². The molecule has 0 aromatic heterocycles. The summed E-state index contributed by atoms with van der Waals surface area (Å²) in [4.78, 5) is 27.3. The number of aliphatic carboxylic acids is 1. The molecule has 0 bridgehead atoms. The van der Waals surface area contributed by atoms with Gasteiger partial charge < -0.3 is 14.7 Å². The molecule has 0 aliphatic carbocycles. The number of carboxylic acids is 1. The highest BCUT2D eigenvalue weighted by atomic mass is 16.5. The van der Waals surface area contributed by atoms with Gasteiger partial charge >= 0.3 is 5.97 Å². The highest BCUT2D eigenvalue weighted by Crippen LogP contribution is 2.34. The van der Waals surface area contributed by atoms with Crippen LogP contribution in [0.4, 0.5) is 0 Å². The van der Waals surface area contributed by atoms with Crippen LogP contribution in [0.3, 0.4) is 0 Å². The van der Waals surface area contributed by atoms with E-state index in [0.29, 0.717) is 6.42 Å². The molecule has 6 nitrogen and oxygen atoms in total. The average molecular weight is 425 g/mol. The van der Waals surface area contributed by atoms with E-state index in [-0.39, 0.29) is 12.3 Å². The van der Waals surface area contributed by atoms with Crippen molar-refractivity contribution in [2.45, 2.75) is 39.2 Å². The number of amides is 1. The summed E-state index contributed by atoms with van der Waals surface area (Å²) in [5.41, 5.74) is 3.88. The molecule has 1 amide bonds. The Labute approximate surface area is 184 Å². The molecule has 0 spiro atoms. The molecule has 0 unspecified atom stereocenters. The monoisotopic (exact) mass is 424 g/mol. The van der Waals surface area contributed by atoms with Crippen molar-refractivity contribution in [3.05, 3.63) is 53.6 Å². The molecule has 1 aliphatic heterocycles. The molecular formula is C25H32N2O4.